The number of amides is 1. The Morgan fingerprint density at radius 2 is 1.88 bits per heavy atom. The van der Waals surface area contributed by atoms with Gasteiger partial charge in [-0.3, -0.25) is 14.5 Å². The second-order valence-corrected chi connectivity index (χ2v) is 8.05. The van der Waals surface area contributed by atoms with Gasteiger partial charge in [0.25, 0.3) is 0 Å². The summed E-state index contributed by atoms with van der Waals surface area (Å²) in [4.78, 5) is 28.8. The van der Waals surface area contributed by atoms with Gasteiger partial charge in [0, 0.05) is 25.2 Å². The largest absolute Gasteiger partial charge is 0.481 e. The van der Waals surface area contributed by atoms with Crippen LogP contribution in [0.15, 0.2) is 0 Å². The van der Waals surface area contributed by atoms with Crippen LogP contribution < -0.4 is 0 Å². The zero-order chi connectivity index (χ0) is 16.6. The van der Waals surface area contributed by atoms with Gasteiger partial charge < -0.3 is 10.0 Å². The topological polar surface area (TPSA) is 60.9 Å². The lowest BCUT2D eigenvalue weighted by Crippen LogP contribution is -2.48. The molecule has 1 heterocycles. The first-order valence-corrected chi connectivity index (χ1v) is 9.21. The van der Waals surface area contributed by atoms with E-state index in [2.05, 4.69) is 23.6 Å². The van der Waals surface area contributed by atoms with Gasteiger partial charge in [0.2, 0.25) is 5.91 Å². The molecule has 3 rings (SSSR count). The molecule has 2 aliphatic carbocycles. The van der Waals surface area contributed by atoms with E-state index in [4.69, 9.17) is 0 Å². The maximum atomic E-state index is 12.9. The first kappa shape index (κ1) is 19.5. The molecule has 2 saturated carbocycles. The van der Waals surface area contributed by atoms with Crippen molar-refractivity contribution in [3.05, 3.63) is 0 Å². The predicted molar refractivity (Wildman–Crippen MR) is 95.3 cm³/mol. The first-order valence-electron chi connectivity index (χ1n) is 9.21. The number of carbonyl (C=O) groups is 2. The van der Waals surface area contributed by atoms with Crippen LogP contribution in [0.25, 0.3) is 0 Å². The van der Waals surface area contributed by atoms with Crippen LogP contribution in [0.4, 0.5) is 0 Å². The van der Waals surface area contributed by atoms with Crippen LogP contribution in [0, 0.1) is 11.3 Å². The van der Waals surface area contributed by atoms with E-state index in [1.807, 2.05) is 0 Å². The molecular weight excluding hydrogens is 328 g/mol. The Hall–Kier alpha value is -0.810. The Bertz CT molecular complexity index is 479. The van der Waals surface area contributed by atoms with Crippen molar-refractivity contribution in [2.24, 2.45) is 11.3 Å². The van der Waals surface area contributed by atoms with Crippen molar-refractivity contribution in [3.63, 3.8) is 0 Å². The first-order chi connectivity index (χ1) is 10.9. The summed E-state index contributed by atoms with van der Waals surface area (Å²) < 4.78 is 0. The van der Waals surface area contributed by atoms with Crippen molar-refractivity contribution < 1.29 is 14.7 Å². The number of hydrogen-bond acceptors (Lipinski definition) is 3. The van der Waals surface area contributed by atoms with E-state index in [-0.39, 0.29) is 30.3 Å². The molecule has 5 nitrogen and oxygen atoms in total. The highest BCUT2D eigenvalue weighted by Crippen LogP contribution is 2.48. The predicted octanol–water partition coefficient (Wildman–Crippen LogP) is 2.77. The van der Waals surface area contributed by atoms with Crippen molar-refractivity contribution in [1.82, 2.24) is 9.80 Å². The number of carboxylic acid groups (broad SMARTS) is 1. The second-order valence-electron chi connectivity index (χ2n) is 8.05. The van der Waals surface area contributed by atoms with Crippen LogP contribution in [0.5, 0.6) is 0 Å². The summed E-state index contributed by atoms with van der Waals surface area (Å²) in [6.45, 7) is 5.89. The Morgan fingerprint density at radius 3 is 2.42 bits per heavy atom. The normalized spacial score (nSPS) is 30.4. The van der Waals surface area contributed by atoms with Gasteiger partial charge in [-0.25, -0.2) is 0 Å². The number of carboxylic acids is 1. The van der Waals surface area contributed by atoms with Crippen molar-refractivity contribution in [1.29, 1.82) is 0 Å². The van der Waals surface area contributed by atoms with Gasteiger partial charge in [-0.1, -0.05) is 19.3 Å². The Balaban J connectivity index is 0.00000208. The summed E-state index contributed by atoms with van der Waals surface area (Å²) >= 11 is 0. The zero-order valence-corrected chi connectivity index (χ0v) is 15.7. The van der Waals surface area contributed by atoms with E-state index >= 15 is 0 Å². The third-order valence-corrected chi connectivity index (χ3v) is 6.29. The van der Waals surface area contributed by atoms with Gasteiger partial charge in [0.15, 0.2) is 0 Å². The summed E-state index contributed by atoms with van der Waals surface area (Å²) in [5.41, 5.74) is -0.587. The SMILES string of the molecule is CC(C)N(C(=O)CN1C[C@@H]2CCC[C@@]2(C(=O)O)C1)C1CCCC1.Cl. The summed E-state index contributed by atoms with van der Waals surface area (Å²) in [6.07, 6.45) is 7.45. The van der Waals surface area contributed by atoms with Gasteiger partial charge in [-0.05, 0) is 45.4 Å². The van der Waals surface area contributed by atoms with Crippen LogP contribution in [0.2, 0.25) is 0 Å². The van der Waals surface area contributed by atoms with E-state index in [0.717, 1.165) is 38.6 Å². The number of hydrogen-bond donors (Lipinski definition) is 1. The van der Waals surface area contributed by atoms with Crippen LogP contribution in [-0.4, -0.2) is 58.5 Å². The molecule has 0 aromatic heterocycles. The fraction of sp³-hybridized carbons (Fsp3) is 0.889. The maximum Gasteiger partial charge on any atom is 0.311 e. The second kappa shape index (κ2) is 7.61. The molecule has 3 fully saturated rings. The van der Waals surface area contributed by atoms with E-state index < -0.39 is 11.4 Å². The van der Waals surface area contributed by atoms with Crippen molar-refractivity contribution in [2.75, 3.05) is 19.6 Å². The van der Waals surface area contributed by atoms with Gasteiger partial charge in [-0.15, -0.1) is 12.4 Å². The minimum atomic E-state index is -0.661. The molecule has 1 aliphatic heterocycles. The number of halogens is 1. The summed E-state index contributed by atoms with van der Waals surface area (Å²) in [7, 11) is 0. The fourth-order valence-electron chi connectivity index (χ4n) is 5.23. The van der Waals surface area contributed by atoms with Crippen LogP contribution in [0.1, 0.15) is 58.8 Å². The molecule has 0 spiro atoms. The molecule has 0 unspecified atom stereocenters. The third kappa shape index (κ3) is 3.43. The van der Waals surface area contributed by atoms with Crippen molar-refractivity contribution in [3.8, 4) is 0 Å². The molecule has 6 heteroatoms. The van der Waals surface area contributed by atoms with Gasteiger partial charge in [-0.2, -0.15) is 0 Å². The molecule has 3 aliphatic rings. The number of likely N-dealkylation sites (tertiary alicyclic amines) is 1. The molecule has 1 N–H and O–H groups in total. The molecule has 2 atom stereocenters. The average molecular weight is 359 g/mol. The lowest BCUT2D eigenvalue weighted by molar-refractivity contribution is -0.150. The van der Waals surface area contributed by atoms with Crippen LogP contribution >= 0.6 is 12.4 Å². The molecule has 1 amide bonds. The minimum Gasteiger partial charge on any atom is -0.481 e. The highest BCUT2D eigenvalue weighted by atomic mass is 35.5. The number of carbonyl (C=O) groups excluding carboxylic acids is 1. The summed E-state index contributed by atoms with van der Waals surface area (Å²) in [6, 6.07) is 0.610. The van der Waals surface area contributed by atoms with Crippen molar-refractivity contribution in [2.45, 2.75) is 70.9 Å². The van der Waals surface area contributed by atoms with E-state index in [0.29, 0.717) is 19.1 Å². The highest BCUT2D eigenvalue weighted by molar-refractivity contribution is 5.85. The lowest BCUT2D eigenvalue weighted by Gasteiger charge is -2.34. The van der Waals surface area contributed by atoms with E-state index in [1.54, 1.807) is 0 Å². The zero-order valence-electron chi connectivity index (χ0n) is 14.9. The summed E-state index contributed by atoms with van der Waals surface area (Å²) in [5.74, 6) is -0.245. The lowest BCUT2D eigenvalue weighted by atomic mass is 9.81. The highest BCUT2D eigenvalue weighted by Gasteiger charge is 2.55. The molecule has 0 aromatic carbocycles. The number of rotatable bonds is 5. The van der Waals surface area contributed by atoms with Crippen LogP contribution in [-0.2, 0) is 9.59 Å². The van der Waals surface area contributed by atoms with E-state index in [9.17, 15) is 14.7 Å². The smallest absolute Gasteiger partial charge is 0.311 e. The quantitative estimate of drug-likeness (QED) is 0.820. The average Bonchev–Trinajstić information content (AvgIpc) is 3.13. The Kier molecular flexibility index (Phi) is 6.19. The standard InChI is InChI=1S/C18H30N2O3.ClH/c1-13(2)20(15-7-3-4-8-15)16(21)11-19-10-14-6-5-9-18(14,12-19)17(22)23;/h13-15H,3-12H2,1-2H3,(H,22,23);1H/t14-,18+;/m0./s1. The molecule has 138 valence electrons. The van der Waals surface area contributed by atoms with Gasteiger partial charge in [0.1, 0.15) is 0 Å². The Labute approximate surface area is 151 Å². The molecule has 0 radical (unpaired) electrons. The summed E-state index contributed by atoms with van der Waals surface area (Å²) in [5, 5.41) is 9.67. The molecule has 24 heavy (non-hydrogen) atoms. The van der Waals surface area contributed by atoms with Gasteiger partial charge in [0.05, 0.1) is 12.0 Å². The maximum absolute atomic E-state index is 12.9. The minimum absolute atomic E-state index is 0. The van der Waals surface area contributed by atoms with E-state index in [1.165, 1.54) is 12.8 Å². The fourth-order valence-corrected chi connectivity index (χ4v) is 5.23. The molecule has 0 aromatic rings. The third-order valence-electron chi connectivity index (χ3n) is 6.29. The molecule has 0 bridgehead atoms. The monoisotopic (exact) mass is 358 g/mol. The van der Waals surface area contributed by atoms with Crippen molar-refractivity contribution >= 4 is 24.3 Å². The molecular formula is C18H31ClN2O3. The number of aliphatic carboxylic acids is 1. The van der Waals surface area contributed by atoms with Crippen LogP contribution in [0.3, 0.4) is 0 Å². The Morgan fingerprint density at radius 1 is 1.21 bits per heavy atom. The molecule has 1 saturated heterocycles. The number of fused-ring (bicyclic) bond motifs is 1. The number of nitrogens with zero attached hydrogens (tertiary/aromatic N) is 2. The van der Waals surface area contributed by atoms with Gasteiger partial charge >= 0.3 is 5.97 Å².